The Kier molecular flexibility index (Phi) is 7.75. The molecule has 0 aromatic heterocycles. The Morgan fingerprint density at radius 1 is 1.00 bits per heavy atom. The van der Waals surface area contributed by atoms with E-state index < -0.39 is 15.9 Å². The number of rotatable bonds is 9. The van der Waals surface area contributed by atoms with Crippen molar-refractivity contribution in [2.75, 3.05) is 38.7 Å². The van der Waals surface area contributed by atoms with Crippen LogP contribution in [0.2, 0.25) is 0 Å². The van der Waals surface area contributed by atoms with Crippen molar-refractivity contribution >= 4 is 21.6 Å². The lowest BCUT2D eigenvalue weighted by molar-refractivity contribution is -0.118. The Hall–Kier alpha value is -2.78. The quantitative estimate of drug-likeness (QED) is 0.633. The Balaban J connectivity index is 1.75. The molecule has 3 rings (SSSR count). The minimum absolute atomic E-state index is 0.0553. The highest BCUT2D eigenvalue weighted by atomic mass is 32.2. The number of piperidine rings is 1. The number of benzene rings is 2. The number of nitrogens with zero attached hydrogens (tertiary/aromatic N) is 1. The zero-order valence-electron chi connectivity index (χ0n) is 17.8. The first-order valence-corrected chi connectivity index (χ1v) is 11.7. The molecule has 9 heteroatoms. The summed E-state index contributed by atoms with van der Waals surface area (Å²) in [6, 6.07) is 11.6. The molecule has 8 nitrogen and oxygen atoms in total. The number of hydrogen-bond donors (Lipinski definition) is 1. The second kappa shape index (κ2) is 10.5. The number of carbonyl (C=O) groups is 1. The first kappa shape index (κ1) is 22.9. The third kappa shape index (κ3) is 5.68. The Bertz CT molecular complexity index is 1000. The van der Waals surface area contributed by atoms with Gasteiger partial charge in [-0.25, -0.2) is 8.42 Å². The normalized spacial score (nSPS) is 14.6. The fourth-order valence-corrected chi connectivity index (χ4v) is 5.06. The van der Waals surface area contributed by atoms with Crippen LogP contribution in [0.5, 0.6) is 17.2 Å². The molecular weight excluding hydrogens is 420 g/mol. The smallest absolute Gasteiger partial charge is 0.262 e. The van der Waals surface area contributed by atoms with Gasteiger partial charge in [0, 0.05) is 18.8 Å². The van der Waals surface area contributed by atoms with E-state index in [-0.39, 0.29) is 17.3 Å². The largest absolute Gasteiger partial charge is 0.493 e. The first-order valence-electron chi connectivity index (χ1n) is 10.3. The van der Waals surface area contributed by atoms with E-state index in [2.05, 4.69) is 5.32 Å². The lowest BCUT2D eigenvalue weighted by Crippen LogP contribution is -2.35. The molecule has 1 amide bonds. The summed E-state index contributed by atoms with van der Waals surface area (Å²) in [5.41, 5.74) is 0.354. The number of carbonyl (C=O) groups excluding carboxylic acids is 1. The molecule has 0 spiro atoms. The molecule has 0 aliphatic carbocycles. The van der Waals surface area contributed by atoms with Crippen LogP contribution in [0.25, 0.3) is 0 Å². The molecule has 168 valence electrons. The van der Waals surface area contributed by atoms with Crippen molar-refractivity contribution in [3.63, 3.8) is 0 Å². The van der Waals surface area contributed by atoms with Gasteiger partial charge in [-0.05, 0) is 50.1 Å². The van der Waals surface area contributed by atoms with Crippen molar-refractivity contribution in [2.24, 2.45) is 0 Å². The summed E-state index contributed by atoms with van der Waals surface area (Å²) in [5.74, 6) is 0.819. The second-order valence-electron chi connectivity index (χ2n) is 7.05. The van der Waals surface area contributed by atoms with Crippen molar-refractivity contribution in [2.45, 2.75) is 31.1 Å². The highest BCUT2D eigenvalue weighted by Crippen LogP contribution is 2.31. The van der Waals surface area contributed by atoms with Crippen molar-refractivity contribution < 1.29 is 27.4 Å². The topological polar surface area (TPSA) is 94.2 Å². The number of amides is 1. The highest BCUT2D eigenvalue weighted by Gasteiger charge is 2.29. The molecule has 0 atom stereocenters. The van der Waals surface area contributed by atoms with E-state index in [1.165, 1.54) is 17.5 Å². The maximum absolute atomic E-state index is 13.2. The summed E-state index contributed by atoms with van der Waals surface area (Å²) in [5, 5.41) is 2.69. The summed E-state index contributed by atoms with van der Waals surface area (Å²) in [7, 11) is -2.21. The van der Waals surface area contributed by atoms with Crippen molar-refractivity contribution in [1.29, 1.82) is 0 Å². The molecule has 1 N–H and O–H groups in total. The molecule has 31 heavy (non-hydrogen) atoms. The van der Waals surface area contributed by atoms with Crippen LogP contribution >= 0.6 is 0 Å². The summed E-state index contributed by atoms with van der Waals surface area (Å²) < 4.78 is 44.1. The van der Waals surface area contributed by atoms with Gasteiger partial charge in [0.25, 0.3) is 5.91 Å². The van der Waals surface area contributed by atoms with Gasteiger partial charge in [-0.3, -0.25) is 4.79 Å². The van der Waals surface area contributed by atoms with Gasteiger partial charge in [-0.1, -0.05) is 18.6 Å². The van der Waals surface area contributed by atoms with Crippen LogP contribution in [-0.2, 0) is 14.8 Å². The van der Waals surface area contributed by atoms with Gasteiger partial charge >= 0.3 is 0 Å². The van der Waals surface area contributed by atoms with Crippen LogP contribution < -0.4 is 19.5 Å². The van der Waals surface area contributed by atoms with Gasteiger partial charge in [0.1, 0.15) is 10.6 Å². The predicted molar refractivity (Wildman–Crippen MR) is 117 cm³/mol. The van der Waals surface area contributed by atoms with E-state index in [1.54, 1.807) is 43.3 Å². The van der Waals surface area contributed by atoms with Crippen LogP contribution in [0.1, 0.15) is 26.2 Å². The van der Waals surface area contributed by atoms with Crippen molar-refractivity contribution in [3.05, 3.63) is 42.5 Å². The highest BCUT2D eigenvalue weighted by molar-refractivity contribution is 7.89. The summed E-state index contributed by atoms with van der Waals surface area (Å²) in [6.45, 7) is 2.85. The SMILES string of the molecule is CCOc1ccc(NC(=O)COc2ccccc2OC)cc1S(=O)(=O)N1CCCCC1. The number of methoxy groups -OCH3 is 1. The predicted octanol–water partition coefficient (Wildman–Crippen LogP) is 3.29. The molecule has 1 fully saturated rings. The third-order valence-electron chi connectivity index (χ3n) is 4.89. The van der Waals surface area contributed by atoms with E-state index in [1.807, 2.05) is 0 Å². The summed E-state index contributed by atoms with van der Waals surface area (Å²) >= 11 is 0. The van der Waals surface area contributed by atoms with E-state index >= 15 is 0 Å². The van der Waals surface area contributed by atoms with E-state index in [4.69, 9.17) is 14.2 Å². The Morgan fingerprint density at radius 2 is 1.71 bits per heavy atom. The van der Waals surface area contributed by atoms with Crippen LogP contribution in [0.3, 0.4) is 0 Å². The molecule has 1 aliphatic rings. The van der Waals surface area contributed by atoms with Gasteiger partial charge < -0.3 is 19.5 Å². The Labute approximate surface area is 183 Å². The van der Waals surface area contributed by atoms with E-state index in [0.29, 0.717) is 36.9 Å². The standard InChI is InChI=1S/C22H28N2O6S/c1-3-29-20-12-11-17(15-21(20)31(26,27)24-13-7-4-8-14-24)23-22(25)16-30-19-10-6-5-9-18(19)28-2/h5-6,9-12,15H,3-4,7-8,13-14,16H2,1-2H3,(H,23,25). The van der Waals surface area contributed by atoms with E-state index in [0.717, 1.165) is 19.3 Å². The summed E-state index contributed by atoms with van der Waals surface area (Å²) in [4.78, 5) is 12.4. The van der Waals surface area contributed by atoms with Crippen LogP contribution in [0, 0.1) is 0 Å². The lowest BCUT2D eigenvalue weighted by atomic mass is 10.2. The minimum atomic E-state index is -3.73. The molecule has 2 aromatic rings. The van der Waals surface area contributed by atoms with E-state index in [9.17, 15) is 13.2 Å². The fourth-order valence-electron chi connectivity index (χ4n) is 3.38. The number of para-hydroxylation sites is 2. The summed E-state index contributed by atoms with van der Waals surface area (Å²) in [6.07, 6.45) is 2.69. The average Bonchev–Trinajstić information content (AvgIpc) is 2.79. The lowest BCUT2D eigenvalue weighted by Gasteiger charge is -2.27. The van der Waals surface area contributed by atoms with Crippen LogP contribution in [0.4, 0.5) is 5.69 Å². The number of sulfonamides is 1. The molecule has 0 unspecified atom stereocenters. The molecule has 1 saturated heterocycles. The molecule has 1 heterocycles. The van der Waals surface area contributed by atoms with Gasteiger partial charge in [-0.2, -0.15) is 4.31 Å². The third-order valence-corrected chi connectivity index (χ3v) is 6.81. The van der Waals surface area contributed by atoms with Gasteiger partial charge in [0.2, 0.25) is 10.0 Å². The zero-order chi connectivity index (χ0) is 22.3. The molecule has 0 bridgehead atoms. The molecular formula is C22H28N2O6S. The van der Waals surface area contributed by atoms with Crippen molar-refractivity contribution in [3.8, 4) is 17.2 Å². The Morgan fingerprint density at radius 3 is 2.39 bits per heavy atom. The van der Waals surface area contributed by atoms with Gasteiger partial charge in [-0.15, -0.1) is 0 Å². The number of ether oxygens (including phenoxy) is 3. The molecule has 0 radical (unpaired) electrons. The van der Waals surface area contributed by atoms with Gasteiger partial charge in [0.05, 0.1) is 13.7 Å². The van der Waals surface area contributed by atoms with Crippen molar-refractivity contribution in [1.82, 2.24) is 4.31 Å². The number of anilines is 1. The first-order chi connectivity index (χ1) is 15.0. The zero-order valence-corrected chi connectivity index (χ0v) is 18.6. The van der Waals surface area contributed by atoms with Crippen LogP contribution in [-0.4, -0.2) is 52.0 Å². The fraction of sp³-hybridized carbons (Fsp3) is 0.409. The molecule has 2 aromatic carbocycles. The van der Waals surface area contributed by atoms with Gasteiger partial charge in [0.15, 0.2) is 18.1 Å². The minimum Gasteiger partial charge on any atom is -0.493 e. The van der Waals surface area contributed by atoms with Crippen LogP contribution in [0.15, 0.2) is 47.4 Å². The number of nitrogens with one attached hydrogen (secondary N) is 1. The average molecular weight is 449 g/mol. The number of hydrogen-bond acceptors (Lipinski definition) is 6. The molecule has 1 aliphatic heterocycles. The maximum Gasteiger partial charge on any atom is 0.262 e. The maximum atomic E-state index is 13.2. The second-order valence-corrected chi connectivity index (χ2v) is 8.95. The molecule has 0 saturated carbocycles. The monoisotopic (exact) mass is 448 g/mol.